The van der Waals surface area contributed by atoms with E-state index in [0.29, 0.717) is 12.8 Å². The smallest absolute Gasteiger partial charge is 0.462 e. The van der Waals surface area contributed by atoms with Crippen molar-refractivity contribution in [1.82, 2.24) is 0 Å². The minimum atomic E-state index is -4.86. The molecule has 57 heavy (non-hydrogen) atoms. The number of allylic oxidation sites excluding steroid dienone is 8. The Bertz CT molecular complexity index is 1200. The number of ether oxygens (including phenoxy) is 2. The molecule has 4 N–H and O–H groups in total. The molecule has 3 atom stereocenters. The van der Waals surface area contributed by atoms with Crippen LogP contribution in [0.4, 0.5) is 0 Å². The van der Waals surface area contributed by atoms with Crippen LogP contribution < -0.4 is 0 Å². The van der Waals surface area contributed by atoms with Gasteiger partial charge in [-0.2, -0.15) is 0 Å². The fourth-order valence-corrected chi connectivity index (χ4v) is 6.56. The first kappa shape index (κ1) is 55.1. The fraction of sp³-hybridized carbons (Fsp3) is 0.762. The maximum absolute atomic E-state index is 12.6. The summed E-state index contributed by atoms with van der Waals surface area (Å²) in [6.07, 6.45) is 38.2. The summed E-state index contributed by atoms with van der Waals surface area (Å²) in [5.41, 5.74) is 0. The predicted octanol–water partition coefficient (Wildman–Crippen LogP) is 10.7. The minimum absolute atomic E-state index is 0.117. The maximum atomic E-state index is 12.6. The largest absolute Gasteiger partial charge is 0.472 e. The lowest BCUT2D eigenvalue weighted by Gasteiger charge is -2.20. The van der Waals surface area contributed by atoms with E-state index in [1.54, 1.807) is 0 Å². The highest BCUT2D eigenvalue weighted by Gasteiger charge is 2.28. The Morgan fingerprint density at radius 1 is 0.509 bits per heavy atom. The van der Waals surface area contributed by atoms with E-state index in [1.165, 1.54) is 64.2 Å². The van der Waals surface area contributed by atoms with E-state index in [2.05, 4.69) is 71.5 Å². The van der Waals surface area contributed by atoms with E-state index >= 15 is 0 Å². The molecular formula is C42H76O13P2. The minimum Gasteiger partial charge on any atom is -0.462 e. The van der Waals surface area contributed by atoms with Crippen LogP contribution >= 0.6 is 15.6 Å². The standard InChI is InChI=1S/C42H76O13P2/c1-3-5-7-9-11-13-15-17-19-21-23-25-27-29-31-33-41(44)51-37-40(38-54-57(49,50)53-36-39(43)35-52-56(46,47)48)55-42(45)34-32-30-28-26-24-22-20-18-16-14-12-10-8-6-4-2/h11,13-14,16-17,19,23,25,39-40,43H,3-10,12,15,18,20-22,24,26-38H2,1-2H3,(H,49,50)(H2,46,47,48). The third kappa shape index (κ3) is 42.0. The van der Waals surface area contributed by atoms with Crippen molar-refractivity contribution in [2.24, 2.45) is 0 Å². The highest BCUT2D eigenvalue weighted by Crippen LogP contribution is 2.43. The van der Waals surface area contributed by atoms with Gasteiger partial charge in [-0.1, -0.05) is 127 Å². The molecule has 0 aliphatic heterocycles. The van der Waals surface area contributed by atoms with Gasteiger partial charge in [-0.3, -0.25) is 23.2 Å². The first-order valence-corrected chi connectivity index (χ1v) is 24.4. The zero-order valence-electron chi connectivity index (χ0n) is 34.9. The van der Waals surface area contributed by atoms with Crippen molar-refractivity contribution in [2.45, 2.75) is 180 Å². The Labute approximate surface area is 343 Å². The molecule has 0 rings (SSSR count). The van der Waals surface area contributed by atoms with E-state index in [0.717, 1.165) is 64.2 Å². The Hall–Kier alpha value is -1.92. The molecule has 0 aliphatic carbocycles. The van der Waals surface area contributed by atoms with Crippen LogP contribution in [0.3, 0.4) is 0 Å². The quantitative estimate of drug-likeness (QED) is 0.0197. The van der Waals surface area contributed by atoms with Crippen LogP contribution in [0.2, 0.25) is 0 Å². The first-order valence-electron chi connectivity index (χ1n) is 21.3. The van der Waals surface area contributed by atoms with Gasteiger partial charge in [0, 0.05) is 12.8 Å². The van der Waals surface area contributed by atoms with E-state index in [-0.39, 0.29) is 12.8 Å². The van der Waals surface area contributed by atoms with Crippen LogP contribution in [-0.2, 0) is 41.8 Å². The SMILES string of the molecule is CCCCCC=CCC=CCC=CCCCCC(=O)OCC(COP(=O)(O)OCC(O)COP(=O)(O)O)OC(=O)CCCCCCCCCC=CCCCCCC. The average molecular weight is 851 g/mol. The first-order chi connectivity index (χ1) is 27.4. The third-order valence-electron chi connectivity index (χ3n) is 8.68. The van der Waals surface area contributed by atoms with Crippen LogP contribution in [0.25, 0.3) is 0 Å². The maximum Gasteiger partial charge on any atom is 0.472 e. The summed E-state index contributed by atoms with van der Waals surface area (Å²) in [5.74, 6) is -1.08. The highest BCUT2D eigenvalue weighted by molar-refractivity contribution is 7.47. The summed E-state index contributed by atoms with van der Waals surface area (Å²) in [4.78, 5) is 52.6. The Balaban J connectivity index is 4.60. The van der Waals surface area contributed by atoms with E-state index in [1.807, 2.05) is 0 Å². The molecule has 0 aliphatic rings. The molecule has 0 heterocycles. The van der Waals surface area contributed by atoms with Crippen molar-refractivity contribution >= 4 is 27.6 Å². The molecule has 0 amide bonds. The molecule has 0 saturated heterocycles. The number of phosphoric ester groups is 2. The Morgan fingerprint density at radius 3 is 1.49 bits per heavy atom. The highest BCUT2D eigenvalue weighted by atomic mass is 31.2. The van der Waals surface area contributed by atoms with Crippen LogP contribution in [0.15, 0.2) is 48.6 Å². The monoisotopic (exact) mass is 850 g/mol. The molecule has 0 aromatic carbocycles. The Kier molecular flexibility index (Phi) is 37.0. The van der Waals surface area contributed by atoms with Gasteiger partial charge in [-0.25, -0.2) is 9.13 Å². The third-order valence-corrected chi connectivity index (χ3v) is 10.1. The van der Waals surface area contributed by atoms with Gasteiger partial charge in [0.15, 0.2) is 6.10 Å². The second kappa shape index (κ2) is 38.3. The van der Waals surface area contributed by atoms with Gasteiger partial charge in [0.05, 0.1) is 19.8 Å². The van der Waals surface area contributed by atoms with Crippen molar-refractivity contribution in [2.75, 3.05) is 26.4 Å². The lowest BCUT2D eigenvalue weighted by Crippen LogP contribution is -2.30. The zero-order valence-corrected chi connectivity index (χ0v) is 36.7. The van der Waals surface area contributed by atoms with Crippen LogP contribution in [-0.4, -0.2) is 70.4 Å². The topological polar surface area (TPSA) is 195 Å². The average Bonchev–Trinajstić information content (AvgIpc) is 3.17. The normalized spacial score (nSPS) is 14.6. The number of phosphoric acid groups is 2. The van der Waals surface area contributed by atoms with Crippen molar-refractivity contribution in [3.63, 3.8) is 0 Å². The lowest BCUT2D eigenvalue weighted by atomic mass is 10.1. The number of unbranched alkanes of at least 4 members (excludes halogenated alkanes) is 16. The zero-order chi connectivity index (χ0) is 42.3. The molecule has 3 unspecified atom stereocenters. The molecular weight excluding hydrogens is 774 g/mol. The summed E-state index contributed by atoms with van der Waals surface area (Å²) in [6, 6.07) is 0. The number of carbonyl (C=O) groups is 2. The van der Waals surface area contributed by atoms with E-state index in [9.17, 15) is 28.7 Å². The molecule has 0 radical (unpaired) electrons. The van der Waals surface area contributed by atoms with Gasteiger partial charge in [0.25, 0.3) is 0 Å². The van der Waals surface area contributed by atoms with E-state index in [4.69, 9.17) is 23.8 Å². The molecule has 0 aromatic heterocycles. The summed E-state index contributed by atoms with van der Waals surface area (Å²) in [7, 11) is -9.68. The number of rotatable bonds is 40. The lowest BCUT2D eigenvalue weighted by molar-refractivity contribution is -0.161. The van der Waals surface area contributed by atoms with Gasteiger partial charge in [-0.15, -0.1) is 0 Å². The van der Waals surface area contributed by atoms with Crippen LogP contribution in [0.5, 0.6) is 0 Å². The van der Waals surface area contributed by atoms with Crippen LogP contribution in [0, 0.1) is 0 Å². The second-order valence-corrected chi connectivity index (χ2v) is 16.9. The molecule has 0 bridgehead atoms. The van der Waals surface area contributed by atoms with Gasteiger partial charge < -0.3 is 29.3 Å². The predicted molar refractivity (Wildman–Crippen MR) is 225 cm³/mol. The number of esters is 2. The summed E-state index contributed by atoms with van der Waals surface area (Å²) in [5, 5.41) is 9.73. The number of hydrogen-bond acceptors (Lipinski definition) is 10. The number of hydrogen-bond donors (Lipinski definition) is 4. The Morgan fingerprint density at radius 2 is 0.912 bits per heavy atom. The van der Waals surface area contributed by atoms with E-state index < -0.39 is 66.2 Å². The molecule has 0 fully saturated rings. The summed E-state index contributed by atoms with van der Waals surface area (Å²) < 4.78 is 47.7. The summed E-state index contributed by atoms with van der Waals surface area (Å²) >= 11 is 0. The summed E-state index contributed by atoms with van der Waals surface area (Å²) in [6.45, 7) is 1.67. The van der Waals surface area contributed by atoms with Crippen LogP contribution in [0.1, 0.15) is 168 Å². The van der Waals surface area contributed by atoms with Crippen molar-refractivity contribution in [1.29, 1.82) is 0 Å². The molecule has 332 valence electrons. The molecule has 0 saturated carbocycles. The van der Waals surface area contributed by atoms with Crippen molar-refractivity contribution in [3.05, 3.63) is 48.6 Å². The van der Waals surface area contributed by atoms with Crippen molar-refractivity contribution in [3.8, 4) is 0 Å². The molecule has 0 aromatic rings. The number of aliphatic hydroxyl groups excluding tert-OH is 1. The second-order valence-electron chi connectivity index (χ2n) is 14.3. The molecule has 15 heteroatoms. The molecule has 13 nitrogen and oxygen atoms in total. The van der Waals surface area contributed by atoms with Gasteiger partial charge in [0.1, 0.15) is 12.7 Å². The fourth-order valence-electron chi connectivity index (χ4n) is 5.41. The van der Waals surface area contributed by atoms with Gasteiger partial charge in [0.2, 0.25) is 0 Å². The van der Waals surface area contributed by atoms with Gasteiger partial charge >= 0.3 is 27.6 Å². The molecule has 0 spiro atoms. The van der Waals surface area contributed by atoms with Gasteiger partial charge in [-0.05, 0) is 77.0 Å². The number of aliphatic hydroxyl groups is 1. The van der Waals surface area contributed by atoms with Crippen molar-refractivity contribution < 1.29 is 61.6 Å². The number of carbonyl (C=O) groups excluding carboxylic acids is 2.